The number of para-hydroxylation sites is 1. The Labute approximate surface area is 169 Å². The van der Waals surface area contributed by atoms with Gasteiger partial charge >= 0.3 is 5.97 Å². The molecule has 5 nitrogen and oxygen atoms in total. The molecule has 0 aliphatic carbocycles. The van der Waals surface area contributed by atoms with E-state index in [1.54, 1.807) is 6.07 Å². The number of hydrogen-bond acceptors (Lipinski definition) is 4. The molecule has 1 atom stereocenters. The highest BCUT2D eigenvalue weighted by atomic mass is 16.5. The maximum Gasteiger partial charge on any atom is 0.371 e. The Bertz CT molecular complexity index is 1030. The van der Waals surface area contributed by atoms with Crippen molar-refractivity contribution in [1.29, 1.82) is 0 Å². The molecule has 1 aliphatic rings. The average Bonchev–Trinajstić information content (AvgIpc) is 3.15. The number of furan rings is 1. The van der Waals surface area contributed by atoms with Crippen LogP contribution in [-0.4, -0.2) is 16.7 Å². The van der Waals surface area contributed by atoms with E-state index in [2.05, 4.69) is 39.0 Å². The van der Waals surface area contributed by atoms with Crippen LogP contribution in [-0.2, 0) is 12.0 Å². The van der Waals surface area contributed by atoms with Crippen LogP contribution in [0.4, 0.5) is 0 Å². The number of carboxylic acids is 1. The number of rotatable bonds is 5. The van der Waals surface area contributed by atoms with Gasteiger partial charge in [-0.15, -0.1) is 0 Å². The molecule has 0 bridgehead atoms. The molecule has 4 rings (SSSR count). The van der Waals surface area contributed by atoms with E-state index in [4.69, 9.17) is 19.0 Å². The number of aromatic carboxylic acids is 1. The summed E-state index contributed by atoms with van der Waals surface area (Å²) < 4.78 is 17.2. The summed E-state index contributed by atoms with van der Waals surface area (Å²) >= 11 is 0. The van der Waals surface area contributed by atoms with Crippen LogP contribution in [0.3, 0.4) is 0 Å². The van der Waals surface area contributed by atoms with E-state index in [-0.39, 0.29) is 23.4 Å². The Hall–Kier alpha value is -3.21. The maximum atomic E-state index is 10.9. The van der Waals surface area contributed by atoms with Crippen LogP contribution in [0.5, 0.6) is 11.5 Å². The Morgan fingerprint density at radius 1 is 1.03 bits per heavy atom. The summed E-state index contributed by atoms with van der Waals surface area (Å²) in [5.74, 6) is 0.920. The normalized spacial score (nSPS) is 19.8. The van der Waals surface area contributed by atoms with Gasteiger partial charge in [-0.1, -0.05) is 37.3 Å². The molecule has 0 saturated carbocycles. The Balaban J connectivity index is 1.55. The number of ether oxygens (including phenoxy) is 2. The van der Waals surface area contributed by atoms with Gasteiger partial charge in [-0.25, -0.2) is 4.79 Å². The summed E-state index contributed by atoms with van der Waals surface area (Å²) in [5.41, 5.74) is 1.94. The van der Waals surface area contributed by atoms with Gasteiger partial charge in [0, 0.05) is 17.4 Å². The zero-order chi connectivity index (χ0) is 20.6. The van der Waals surface area contributed by atoms with Gasteiger partial charge in [0.2, 0.25) is 5.76 Å². The minimum absolute atomic E-state index is 0.0901. The summed E-state index contributed by atoms with van der Waals surface area (Å²) in [6, 6.07) is 19.3. The smallest absolute Gasteiger partial charge is 0.371 e. The van der Waals surface area contributed by atoms with Gasteiger partial charge in [0.1, 0.15) is 29.5 Å². The molecule has 1 aromatic heterocycles. The van der Waals surface area contributed by atoms with Gasteiger partial charge in [0.15, 0.2) is 0 Å². The van der Waals surface area contributed by atoms with E-state index in [9.17, 15) is 4.79 Å². The van der Waals surface area contributed by atoms with Crippen molar-refractivity contribution in [2.75, 3.05) is 0 Å². The second kappa shape index (κ2) is 6.99. The monoisotopic (exact) mass is 392 g/mol. The van der Waals surface area contributed by atoms with Crippen molar-refractivity contribution in [3.8, 4) is 11.5 Å². The third-order valence-corrected chi connectivity index (χ3v) is 5.39. The number of carboxylic acid groups (broad SMARTS) is 1. The molecule has 5 heteroatoms. The van der Waals surface area contributed by atoms with Crippen LogP contribution in [0.2, 0.25) is 0 Å². The summed E-state index contributed by atoms with van der Waals surface area (Å²) in [6.07, 6.45) is 0.863. The van der Waals surface area contributed by atoms with E-state index >= 15 is 0 Å². The molecule has 2 aromatic carbocycles. The average molecular weight is 392 g/mol. The van der Waals surface area contributed by atoms with Crippen LogP contribution in [0.25, 0.3) is 0 Å². The van der Waals surface area contributed by atoms with Crippen LogP contribution in [0, 0.1) is 0 Å². The standard InChI is InChI=1S/C24H24O5/c1-23(2)15-24(3,19-6-4-5-7-20(19)29-23)16-8-10-17(11-9-16)27-14-18-12-13-21(28-18)22(25)26/h4-13H,14-15H2,1-3H3,(H,25,26). The van der Waals surface area contributed by atoms with Gasteiger partial charge in [-0.2, -0.15) is 0 Å². The molecule has 3 aromatic rings. The molecule has 29 heavy (non-hydrogen) atoms. The molecule has 2 heterocycles. The number of hydrogen-bond donors (Lipinski definition) is 1. The minimum Gasteiger partial charge on any atom is -0.488 e. The lowest BCUT2D eigenvalue weighted by molar-refractivity contribution is 0.0583. The first-order valence-corrected chi connectivity index (χ1v) is 9.61. The van der Waals surface area contributed by atoms with Gasteiger partial charge in [0.05, 0.1) is 0 Å². The van der Waals surface area contributed by atoms with Crippen LogP contribution in [0.1, 0.15) is 54.6 Å². The van der Waals surface area contributed by atoms with Crippen molar-refractivity contribution in [2.24, 2.45) is 0 Å². The maximum absolute atomic E-state index is 10.9. The van der Waals surface area contributed by atoms with Crippen molar-refractivity contribution in [3.63, 3.8) is 0 Å². The van der Waals surface area contributed by atoms with E-state index < -0.39 is 5.97 Å². The van der Waals surface area contributed by atoms with Gasteiger partial charge in [-0.05, 0) is 49.7 Å². The fourth-order valence-corrected chi connectivity index (χ4v) is 4.19. The predicted octanol–water partition coefficient (Wildman–Crippen LogP) is 5.42. The SMILES string of the molecule is CC1(C)CC(C)(c2ccc(OCc3ccc(C(=O)O)o3)cc2)c2ccccc2O1. The first-order chi connectivity index (χ1) is 13.8. The van der Waals surface area contributed by atoms with Gasteiger partial charge in [-0.3, -0.25) is 0 Å². The summed E-state index contributed by atoms with van der Waals surface area (Å²) in [4.78, 5) is 10.9. The van der Waals surface area contributed by atoms with E-state index in [1.165, 1.54) is 17.2 Å². The summed E-state index contributed by atoms with van der Waals surface area (Å²) in [5, 5.41) is 8.93. The van der Waals surface area contributed by atoms with E-state index in [0.717, 1.165) is 12.2 Å². The molecule has 0 fully saturated rings. The zero-order valence-corrected chi connectivity index (χ0v) is 16.8. The molecule has 0 saturated heterocycles. The molecule has 150 valence electrons. The van der Waals surface area contributed by atoms with Crippen molar-refractivity contribution in [1.82, 2.24) is 0 Å². The highest BCUT2D eigenvalue weighted by molar-refractivity contribution is 5.84. The lowest BCUT2D eigenvalue weighted by Gasteiger charge is -2.44. The fraction of sp³-hybridized carbons (Fsp3) is 0.292. The van der Waals surface area contributed by atoms with Crippen LogP contribution in [0.15, 0.2) is 65.1 Å². The molecule has 0 spiro atoms. The summed E-state index contributed by atoms with van der Waals surface area (Å²) in [6.45, 7) is 6.66. The van der Waals surface area contributed by atoms with Crippen molar-refractivity contribution < 1.29 is 23.8 Å². The molecule has 0 amide bonds. The first kappa shape index (κ1) is 19.1. The Morgan fingerprint density at radius 2 is 1.76 bits per heavy atom. The summed E-state index contributed by atoms with van der Waals surface area (Å²) in [7, 11) is 0. The molecule has 0 radical (unpaired) electrons. The van der Waals surface area contributed by atoms with Crippen molar-refractivity contribution in [2.45, 2.75) is 44.8 Å². The van der Waals surface area contributed by atoms with Crippen molar-refractivity contribution >= 4 is 5.97 Å². The predicted molar refractivity (Wildman–Crippen MR) is 109 cm³/mol. The topological polar surface area (TPSA) is 68.9 Å². The van der Waals surface area contributed by atoms with Gasteiger partial charge < -0.3 is 19.0 Å². The number of fused-ring (bicyclic) bond motifs is 1. The van der Waals surface area contributed by atoms with Crippen LogP contribution >= 0.6 is 0 Å². The van der Waals surface area contributed by atoms with Gasteiger partial charge in [0.25, 0.3) is 0 Å². The number of benzene rings is 2. The molecule has 1 unspecified atom stereocenters. The third kappa shape index (κ3) is 3.73. The largest absolute Gasteiger partial charge is 0.488 e. The van der Waals surface area contributed by atoms with Crippen LogP contribution < -0.4 is 9.47 Å². The fourth-order valence-electron chi connectivity index (χ4n) is 4.19. The van der Waals surface area contributed by atoms with Crippen molar-refractivity contribution in [3.05, 3.63) is 83.3 Å². The molecular weight excluding hydrogens is 368 g/mol. The molecular formula is C24H24O5. The highest BCUT2D eigenvalue weighted by Crippen LogP contribution is 2.48. The lowest BCUT2D eigenvalue weighted by atomic mass is 9.68. The Kier molecular flexibility index (Phi) is 4.61. The zero-order valence-electron chi connectivity index (χ0n) is 16.8. The Morgan fingerprint density at radius 3 is 2.45 bits per heavy atom. The molecule has 1 aliphatic heterocycles. The second-order valence-electron chi connectivity index (χ2n) is 8.25. The molecule has 1 N–H and O–H groups in total. The van der Waals surface area contributed by atoms with E-state index in [0.29, 0.717) is 11.5 Å². The van der Waals surface area contributed by atoms with E-state index in [1.807, 2.05) is 30.3 Å². The third-order valence-electron chi connectivity index (χ3n) is 5.39. The quantitative estimate of drug-likeness (QED) is 0.627. The lowest BCUT2D eigenvalue weighted by Crippen LogP contribution is -2.43. The minimum atomic E-state index is -1.09. The highest BCUT2D eigenvalue weighted by Gasteiger charge is 2.42. The first-order valence-electron chi connectivity index (χ1n) is 9.61. The second-order valence-corrected chi connectivity index (χ2v) is 8.25. The number of carbonyl (C=O) groups is 1.